The Hall–Kier alpha value is -1.40. The van der Waals surface area contributed by atoms with Gasteiger partial charge in [0, 0.05) is 21.8 Å². The summed E-state index contributed by atoms with van der Waals surface area (Å²) < 4.78 is 0.830. The van der Waals surface area contributed by atoms with E-state index in [-0.39, 0.29) is 5.56 Å². The second-order valence-electron chi connectivity index (χ2n) is 3.49. The number of aryl methyl sites for hydroxylation is 1. The average Bonchev–Trinajstić information content (AvgIpc) is 2.32. The van der Waals surface area contributed by atoms with E-state index in [0.717, 1.165) is 10.2 Å². The molecule has 18 heavy (non-hydrogen) atoms. The predicted octanol–water partition coefficient (Wildman–Crippen LogP) is 3.40. The second-order valence-corrected chi connectivity index (χ2v) is 5.44. The van der Waals surface area contributed by atoms with Gasteiger partial charge in [0.15, 0.2) is 0 Å². The molecule has 0 atom stereocenters. The van der Waals surface area contributed by atoms with E-state index < -0.39 is 5.97 Å². The summed E-state index contributed by atoms with van der Waals surface area (Å²) in [5.41, 5.74) is 1.03. The van der Waals surface area contributed by atoms with Crippen molar-refractivity contribution < 1.29 is 9.90 Å². The molecule has 92 valence electrons. The molecule has 0 amide bonds. The molecular weight excluding hydrogens is 316 g/mol. The van der Waals surface area contributed by atoms with E-state index >= 15 is 0 Å². The molecule has 1 aromatic carbocycles. The molecule has 0 saturated carbocycles. The first kappa shape index (κ1) is 13.0. The summed E-state index contributed by atoms with van der Waals surface area (Å²) in [5, 5.41) is 9.85. The van der Waals surface area contributed by atoms with Gasteiger partial charge in [-0.3, -0.25) is 4.98 Å². The third-order valence-electron chi connectivity index (χ3n) is 2.22. The lowest BCUT2D eigenvalue weighted by atomic mass is 10.2. The van der Waals surface area contributed by atoms with Crippen molar-refractivity contribution in [1.29, 1.82) is 0 Å². The topological polar surface area (TPSA) is 63.1 Å². The molecule has 0 radical (unpaired) electrons. The van der Waals surface area contributed by atoms with Crippen LogP contribution in [0.1, 0.15) is 16.1 Å². The molecule has 0 aliphatic carbocycles. The minimum absolute atomic E-state index is 0.258. The minimum Gasteiger partial charge on any atom is -0.478 e. The number of aromatic carboxylic acids is 1. The highest BCUT2D eigenvalue weighted by Crippen LogP contribution is 2.32. The summed E-state index contributed by atoms with van der Waals surface area (Å²) in [6, 6.07) is 5.04. The van der Waals surface area contributed by atoms with Crippen molar-refractivity contribution in [2.45, 2.75) is 16.8 Å². The van der Waals surface area contributed by atoms with E-state index in [1.165, 1.54) is 11.8 Å². The Morgan fingerprint density at radius 2 is 2.06 bits per heavy atom. The molecule has 0 spiro atoms. The molecule has 2 aromatic rings. The molecular formula is C12H9BrN2O2S. The van der Waals surface area contributed by atoms with Crippen molar-refractivity contribution in [2.75, 3.05) is 0 Å². The summed E-state index contributed by atoms with van der Waals surface area (Å²) in [4.78, 5) is 20.1. The molecule has 0 bridgehead atoms. The van der Waals surface area contributed by atoms with Gasteiger partial charge in [-0.1, -0.05) is 27.7 Å². The van der Waals surface area contributed by atoms with Crippen LogP contribution < -0.4 is 0 Å². The van der Waals surface area contributed by atoms with E-state index in [4.69, 9.17) is 5.11 Å². The Bertz CT molecular complexity index is 604. The molecule has 1 N–H and O–H groups in total. The van der Waals surface area contributed by atoms with E-state index in [0.29, 0.717) is 9.92 Å². The molecule has 1 heterocycles. The average molecular weight is 325 g/mol. The first-order valence-corrected chi connectivity index (χ1v) is 6.67. The quantitative estimate of drug-likeness (QED) is 0.937. The summed E-state index contributed by atoms with van der Waals surface area (Å²) in [7, 11) is 0. The Balaban J connectivity index is 2.42. The lowest BCUT2D eigenvalue weighted by Gasteiger charge is -2.07. The van der Waals surface area contributed by atoms with Gasteiger partial charge in [0.25, 0.3) is 0 Å². The molecule has 2 rings (SSSR count). The molecule has 4 nitrogen and oxygen atoms in total. The summed E-state index contributed by atoms with van der Waals surface area (Å²) >= 11 is 4.63. The molecule has 0 fully saturated rings. The molecule has 0 aliphatic heterocycles. The fourth-order valence-electron chi connectivity index (χ4n) is 1.36. The first-order valence-electron chi connectivity index (χ1n) is 5.06. The SMILES string of the molecule is Cc1nccnc1Sc1cc(Br)ccc1C(=O)O. The molecule has 0 unspecified atom stereocenters. The standard InChI is InChI=1S/C12H9BrN2O2S/c1-7-11(15-5-4-14-7)18-10-6-8(13)2-3-9(10)12(16)17/h2-6H,1H3,(H,16,17). The highest BCUT2D eigenvalue weighted by molar-refractivity contribution is 9.10. The number of hydrogen-bond donors (Lipinski definition) is 1. The van der Waals surface area contributed by atoms with Crippen LogP contribution in [-0.2, 0) is 0 Å². The summed E-state index contributed by atoms with van der Waals surface area (Å²) in [6.45, 7) is 1.84. The van der Waals surface area contributed by atoms with Gasteiger partial charge >= 0.3 is 5.97 Å². The second kappa shape index (κ2) is 5.49. The zero-order valence-corrected chi connectivity index (χ0v) is 11.8. The molecule has 1 aromatic heterocycles. The van der Waals surface area contributed by atoms with Gasteiger partial charge in [-0.15, -0.1) is 0 Å². The van der Waals surface area contributed by atoms with Crippen molar-refractivity contribution in [2.24, 2.45) is 0 Å². The third kappa shape index (κ3) is 2.88. The van der Waals surface area contributed by atoms with Crippen LogP contribution in [0.2, 0.25) is 0 Å². The predicted molar refractivity (Wildman–Crippen MR) is 72.0 cm³/mol. The van der Waals surface area contributed by atoms with Gasteiger partial charge in [-0.2, -0.15) is 0 Å². The van der Waals surface area contributed by atoms with Crippen molar-refractivity contribution in [1.82, 2.24) is 9.97 Å². The van der Waals surface area contributed by atoms with Crippen LogP contribution in [0.3, 0.4) is 0 Å². The Morgan fingerprint density at radius 3 is 2.72 bits per heavy atom. The third-order valence-corrected chi connectivity index (χ3v) is 3.86. The number of carbonyl (C=O) groups is 1. The van der Waals surface area contributed by atoms with Crippen LogP contribution in [0, 0.1) is 6.92 Å². The van der Waals surface area contributed by atoms with Gasteiger partial charge in [0.05, 0.1) is 11.3 Å². The molecule has 0 aliphatic rings. The van der Waals surface area contributed by atoms with Crippen LogP contribution in [0.25, 0.3) is 0 Å². The Morgan fingerprint density at radius 1 is 1.33 bits per heavy atom. The van der Waals surface area contributed by atoms with Gasteiger partial charge in [-0.25, -0.2) is 9.78 Å². The first-order chi connectivity index (χ1) is 8.58. The van der Waals surface area contributed by atoms with Gasteiger partial charge in [0.1, 0.15) is 5.03 Å². The Kier molecular flexibility index (Phi) is 3.98. The van der Waals surface area contributed by atoms with Crippen molar-refractivity contribution in [3.8, 4) is 0 Å². The highest BCUT2D eigenvalue weighted by atomic mass is 79.9. The van der Waals surface area contributed by atoms with E-state index in [9.17, 15) is 4.79 Å². The summed E-state index contributed by atoms with van der Waals surface area (Å²) in [5.74, 6) is -0.952. The van der Waals surface area contributed by atoms with Crippen molar-refractivity contribution in [3.63, 3.8) is 0 Å². The fourth-order valence-corrected chi connectivity index (χ4v) is 2.84. The fraction of sp³-hybridized carbons (Fsp3) is 0.0833. The maximum atomic E-state index is 11.1. The minimum atomic E-state index is -0.952. The number of benzene rings is 1. The molecule has 6 heteroatoms. The largest absolute Gasteiger partial charge is 0.478 e. The van der Waals surface area contributed by atoms with Gasteiger partial charge in [-0.05, 0) is 25.1 Å². The van der Waals surface area contributed by atoms with Crippen LogP contribution >= 0.6 is 27.7 Å². The highest BCUT2D eigenvalue weighted by Gasteiger charge is 2.13. The number of aromatic nitrogens is 2. The maximum absolute atomic E-state index is 11.1. The van der Waals surface area contributed by atoms with Crippen LogP contribution in [0.15, 0.2) is 45.0 Å². The van der Waals surface area contributed by atoms with Gasteiger partial charge in [0.2, 0.25) is 0 Å². The van der Waals surface area contributed by atoms with E-state index in [2.05, 4.69) is 25.9 Å². The zero-order valence-electron chi connectivity index (χ0n) is 9.42. The number of carboxylic acid groups (broad SMARTS) is 1. The number of rotatable bonds is 3. The summed E-state index contributed by atoms with van der Waals surface area (Å²) in [6.07, 6.45) is 3.20. The van der Waals surface area contributed by atoms with Crippen LogP contribution in [0.4, 0.5) is 0 Å². The van der Waals surface area contributed by atoms with Gasteiger partial charge < -0.3 is 5.11 Å². The van der Waals surface area contributed by atoms with E-state index in [1.807, 2.05) is 6.92 Å². The zero-order chi connectivity index (χ0) is 13.1. The number of carboxylic acids is 1. The molecule has 0 saturated heterocycles. The number of hydrogen-bond acceptors (Lipinski definition) is 4. The normalized spacial score (nSPS) is 10.3. The van der Waals surface area contributed by atoms with Crippen LogP contribution in [-0.4, -0.2) is 21.0 Å². The van der Waals surface area contributed by atoms with E-state index in [1.54, 1.807) is 30.6 Å². The maximum Gasteiger partial charge on any atom is 0.336 e. The van der Waals surface area contributed by atoms with Crippen molar-refractivity contribution in [3.05, 3.63) is 46.3 Å². The smallest absolute Gasteiger partial charge is 0.336 e. The monoisotopic (exact) mass is 324 g/mol. The Labute approximate surface area is 117 Å². The van der Waals surface area contributed by atoms with Crippen molar-refractivity contribution >= 4 is 33.7 Å². The lowest BCUT2D eigenvalue weighted by Crippen LogP contribution is -1.99. The number of halogens is 1. The number of nitrogens with zero attached hydrogens (tertiary/aromatic N) is 2. The lowest BCUT2D eigenvalue weighted by molar-refractivity contribution is 0.0693. The van der Waals surface area contributed by atoms with Crippen LogP contribution in [0.5, 0.6) is 0 Å².